The van der Waals surface area contributed by atoms with Gasteiger partial charge in [0.2, 0.25) is 0 Å². The van der Waals surface area contributed by atoms with Crippen molar-refractivity contribution >= 4 is 27.3 Å². The standard InChI is InChI=1S/Nb.Ni.Pb.Zr. The van der Waals surface area contributed by atoms with Crippen LogP contribution in [0.4, 0.5) is 0 Å². The van der Waals surface area contributed by atoms with E-state index in [0.29, 0.717) is 0 Å². The van der Waals surface area contributed by atoms with Gasteiger partial charge in [0.25, 0.3) is 0 Å². The molecule has 0 fully saturated rings. The Kier molecular flexibility index (Phi) is 115. The summed E-state index contributed by atoms with van der Waals surface area (Å²) < 4.78 is 0. The van der Waals surface area contributed by atoms with E-state index in [1.54, 1.807) is 0 Å². The Balaban J connectivity index is 0. The van der Waals surface area contributed by atoms with Gasteiger partial charge in [0.15, 0.2) is 0 Å². The van der Waals surface area contributed by atoms with E-state index in [2.05, 4.69) is 0 Å². The van der Waals surface area contributed by atoms with E-state index in [-0.39, 0.29) is 92.4 Å². The predicted octanol–water partition coefficient (Wildman–Crippen LogP) is -0.388. The summed E-state index contributed by atoms with van der Waals surface area (Å²) in [6.45, 7) is 0. The third-order valence-electron chi connectivity index (χ3n) is 0. The molecule has 0 aliphatic heterocycles. The molecule has 0 nitrogen and oxygen atoms in total. The molecular formula is NbNiPbZr. The summed E-state index contributed by atoms with van der Waals surface area (Å²) >= 11 is 0. The van der Waals surface area contributed by atoms with E-state index in [1.165, 1.54) is 0 Å². The second-order valence-electron chi connectivity index (χ2n) is 0. The molecule has 0 amide bonds. The second-order valence-corrected chi connectivity index (χ2v) is 0. The van der Waals surface area contributed by atoms with E-state index in [1.807, 2.05) is 0 Å². The molecule has 0 N–H and O–H groups in total. The second kappa shape index (κ2) is 16.6. The van der Waals surface area contributed by atoms with Crippen LogP contribution >= 0.6 is 0 Å². The predicted molar refractivity (Wildman–Crippen MR) is 5.75 cm³/mol. The van der Waals surface area contributed by atoms with Crippen LogP contribution in [0.1, 0.15) is 0 Å². The largest absolute Gasteiger partial charge is 0 e. The van der Waals surface area contributed by atoms with E-state index in [4.69, 9.17) is 0 Å². The quantitative estimate of drug-likeness (QED) is 0.442. The molecule has 0 spiro atoms. The smallest absolute Gasteiger partial charge is 0 e. The summed E-state index contributed by atoms with van der Waals surface area (Å²) in [4.78, 5) is 0. The third-order valence-corrected chi connectivity index (χ3v) is 0. The Morgan fingerprint density at radius 2 is 1.00 bits per heavy atom. The molecule has 0 saturated heterocycles. The Morgan fingerprint density at radius 3 is 1.00 bits per heavy atom. The summed E-state index contributed by atoms with van der Waals surface area (Å²) in [7, 11) is 0. The fourth-order valence-electron chi connectivity index (χ4n) is 0. The first-order valence-electron chi connectivity index (χ1n) is 0. The molecule has 0 aliphatic carbocycles. The van der Waals surface area contributed by atoms with Crippen LogP contribution in [-0.2, 0) is 65.1 Å². The van der Waals surface area contributed by atoms with Crippen molar-refractivity contribution in [1.82, 2.24) is 0 Å². The van der Waals surface area contributed by atoms with Crippen molar-refractivity contribution < 1.29 is 65.1 Å². The van der Waals surface area contributed by atoms with Crippen LogP contribution in [0.2, 0.25) is 0 Å². The normalized spacial score (nSPS) is 0. The van der Waals surface area contributed by atoms with Crippen molar-refractivity contribution in [3.05, 3.63) is 0 Å². The van der Waals surface area contributed by atoms with Gasteiger partial charge in [-0.25, -0.2) is 0 Å². The molecule has 5 radical (unpaired) electrons. The molecular weight excluding hydrogens is 450 g/mol. The van der Waals surface area contributed by atoms with Gasteiger partial charge in [-0.2, -0.15) is 0 Å². The first-order chi connectivity index (χ1) is 0. The summed E-state index contributed by atoms with van der Waals surface area (Å²) in [5.41, 5.74) is 0. The fraction of sp³-hybridized carbons (Fsp3) is 0. The van der Waals surface area contributed by atoms with Gasteiger partial charge in [0.1, 0.15) is 0 Å². The molecule has 0 aromatic carbocycles. The Labute approximate surface area is 90.6 Å². The van der Waals surface area contributed by atoms with Crippen molar-refractivity contribution in [3.63, 3.8) is 0 Å². The van der Waals surface area contributed by atoms with Gasteiger partial charge in [-0.05, 0) is 0 Å². The summed E-state index contributed by atoms with van der Waals surface area (Å²) in [6.07, 6.45) is 0. The van der Waals surface area contributed by atoms with Crippen LogP contribution in [0, 0.1) is 0 Å². The minimum atomic E-state index is 0. The summed E-state index contributed by atoms with van der Waals surface area (Å²) in [6, 6.07) is 0. The van der Waals surface area contributed by atoms with Crippen molar-refractivity contribution in [2.24, 2.45) is 0 Å². The maximum Gasteiger partial charge on any atom is 0 e. The van der Waals surface area contributed by atoms with E-state index in [0.717, 1.165) is 0 Å². The molecule has 0 heterocycles. The maximum absolute atomic E-state index is 0. The molecule has 0 aromatic rings. The molecule has 0 aliphatic rings. The van der Waals surface area contributed by atoms with E-state index < -0.39 is 0 Å². The number of hydrogen-bond acceptors (Lipinski definition) is 0. The van der Waals surface area contributed by atoms with Crippen molar-refractivity contribution in [2.75, 3.05) is 0 Å². The van der Waals surface area contributed by atoms with Gasteiger partial charge in [-0.3, -0.25) is 0 Å². The van der Waals surface area contributed by atoms with Crippen molar-refractivity contribution in [3.8, 4) is 0 Å². The van der Waals surface area contributed by atoms with Crippen LogP contribution in [-0.4, -0.2) is 27.3 Å². The number of rotatable bonds is 0. The van der Waals surface area contributed by atoms with Gasteiger partial charge < -0.3 is 0 Å². The SMILES string of the molecule is [Nb].[Ni].[Pb].[Zr]. The fourth-order valence-corrected chi connectivity index (χ4v) is 0. The molecule has 0 bridgehead atoms. The summed E-state index contributed by atoms with van der Waals surface area (Å²) in [5.74, 6) is 0. The van der Waals surface area contributed by atoms with Crippen LogP contribution in [0.15, 0.2) is 0 Å². The van der Waals surface area contributed by atoms with E-state index >= 15 is 0 Å². The zero-order valence-electron chi connectivity index (χ0n) is 1.76. The van der Waals surface area contributed by atoms with Gasteiger partial charge in [0, 0.05) is 92.4 Å². The Hall–Kier alpha value is 3.04. The molecule has 4 heavy (non-hydrogen) atoms. The number of hydrogen-bond donors (Lipinski definition) is 0. The average Bonchev–Trinajstić information content (AvgIpc) is 0. The topological polar surface area (TPSA) is 0 Å². The van der Waals surface area contributed by atoms with E-state index in [9.17, 15) is 0 Å². The van der Waals surface area contributed by atoms with Crippen LogP contribution in [0.3, 0.4) is 0 Å². The van der Waals surface area contributed by atoms with Crippen LogP contribution < -0.4 is 0 Å². The molecule has 4 heteroatoms. The molecule has 0 atom stereocenters. The van der Waals surface area contributed by atoms with Crippen LogP contribution in [0.5, 0.6) is 0 Å². The van der Waals surface area contributed by atoms with Crippen LogP contribution in [0.25, 0.3) is 0 Å². The van der Waals surface area contributed by atoms with Gasteiger partial charge in [-0.1, -0.05) is 0 Å². The molecule has 0 rings (SSSR count). The summed E-state index contributed by atoms with van der Waals surface area (Å²) in [5, 5.41) is 0. The molecule has 0 unspecified atom stereocenters. The van der Waals surface area contributed by atoms with Gasteiger partial charge in [0.05, 0.1) is 0 Å². The van der Waals surface area contributed by atoms with Crippen molar-refractivity contribution in [1.29, 1.82) is 0 Å². The third kappa shape index (κ3) is 8.90. The minimum Gasteiger partial charge on any atom is 0 e. The Bertz CT molecular complexity index is 8.00. The zero-order chi connectivity index (χ0) is 0. The van der Waals surface area contributed by atoms with Gasteiger partial charge >= 0.3 is 0 Å². The molecule has 0 aromatic heterocycles. The first-order valence-corrected chi connectivity index (χ1v) is 0. The van der Waals surface area contributed by atoms with Crippen molar-refractivity contribution in [2.45, 2.75) is 0 Å². The Morgan fingerprint density at radius 1 is 1.00 bits per heavy atom. The average molecular weight is 450 g/mol. The zero-order valence-corrected chi connectivity index (χ0v) is 11.3. The maximum atomic E-state index is 0. The minimum absolute atomic E-state index is 0. The molecule has 23 valence electrons. The molecule has 0 saturated carbocycles. The monoisotopic (exact) mass is 449 g/mol. The first kappa shape index (κ1) is 27.8. The van der Waals surface area contributed by atoms with Gasteiger partial charge in [-0.15, -0.1) is 0 Å².